The number of nitrogens with one attached hydrogen (secondary N) is 2. The van der Waals surface area contributed by atoms with Gasteiger partial charge in [-0.1, -0.05) is 41.9 Å². The molecule has 106 valence electrons. The molecule has 2 N–H and O–H groups in total. The second kappa shape index (κ2) is 7.65. The van der Waals surface area contributed by atoms with Crippen molar-refractivity contribution in [2.45, 2.75) is 39.8 Å². The van der Waals surface area contributed by atoms with E-state index in [2.05, 4.69) is 59.5 Å². The molecule has 0 aliphatic rings. The summed E-state index contributed by atoms with van der Waals surface area (Å²) in [6.45, 7) is 8.85. The Morgan fingerprint density at radius 1 is 1.16 bits per heavy atom. The maximum absolute atomic E-state index is 11.9. The molecule has 0 radical (unpaired) electrons. The van der Waals surface area contributed by atoms with Crippen LogP contribution in [0.25, 0.3) is 0 Å². The van der Waals surface area contributed by atoms with Gasteiger partial charge in [0.25, 0.3) is 0 Å². The molecule has 0 aliphatic carbocycles. The molecule has 0 spiro atoms. The van der Waals surface area contributed by atoms with Crippen molar-refractivity contribution in [3.05, 3.63) is 34.3 Å². The minimum atomic E-state index is -0.197. The van der Waals surface area contributed by atoms with Gasteiger partial charge in [0.2, 0.25) is 5.91 Å². The highest BCUT2D eigenvalue weighted by Gasteiger charge is 2.16. The van der Waals surface area contributed by atoms with Crippen LogP contribution in [0.5, 0.6) is 0 Å². The summed E-state index contributed by atoms with van der Waals surface area (Å²) < 4.78 is 1.06. The Balaban J connectivity index is 2.49. The number of carbonyl (C=O) groups is 1. The number of amides is 1. The van der Waals surface area contributed by atoms with Crippen molar-refractivity contribution in [3.63, 3.8) is 0 Å². The molecule has 1 amide bonds. The molecule has 0 aromatic heterocycles. The fourth-order valence-electron chi connectivity index (χ4n) is 1.76. The van der Waals surface area contributed by atoms with Crippen LogP contribution in [0.15, 0.2) is 28.7 Å². The van der Waals surface area contributed by atoms with Crippen molar-refractivity contribution in [2.24, 2.45) is 5.92 Å². The van der Waals surface area contributed by atoms with Crippen LogP contribution >= 0.6 is 15.9 Å². The Kier molecular flexibility index (Phi) is 6.52. The molecule has 0 aliphatic heterocycles. The van der Waals surface area contributed by atoms with Crippen LogP contribution in [0, 0.1) is 5.92 Å². The van der Waals surface area contributed by atoms with E-state index in [1.165, 1.54) is 5.56 Å². The first-order valence-electron chi connectivity index (χ1n) is 6.69. The Morgan fingerprint density at radius 2 is 1.74 bits per heavy atom. The van der Waals surface area contributed by atoms with E-state index >= 15 is 0 Å². The number of benzene rings is 1. The lowest BCUT2D eigenvalue weighted by molar-refractivity contribution is -0.123. The first-order valence-corrected chi connectivity index (χ1v) is 7.48. The van der Waals surface area contributed by atoms with E-state index in [0.717, 1.165) is 11.0 Å². The van der Waals surface area contributed by atoms with Crippen molar-refractivity contribution in [1.29, 1.82) is 0 Å². The number of halogens is 1. The highest BCUT2D eigenvalue weighted by molar-refractivity contribution is 9.10. The van der Waals surface area contributed by atoms with Gasteiger partial charge in [0, 0.05) is 17.1 Å². The summed E-state index contributed by atoms with van der Waals surface area (Å²) in [6.07, 6.45) is 0. The molecule has 1 rings (SSSR count). The minimum absolute atomic E-state index is 0.0534. The lowest BCUT2D eigenvalue weighted by Crippen LogP contribution is -2.44. The minimum Gasteiger partial charge on any atom is -0.354 e. The summed E-state index contributed by atoms with van der Waals surface area (Å²) in [7, 11) is 0. The van der Waals surface area contributed by atoms with Gasteiger partial charge in [-0.25, -0.2) is 0 Å². The average Bonchev–Trinajstić information content (AvgIpc) is 2.36. The first-order chi connectivity index (χ1) is 8.90. The fourth-order valence-corrected chi connectivity index (χ4v) is 2.02. The molecule has 1 unspecified atom stereocenters. The second-order valence-corrected chi connectivity index (χ2v) is 6.22. The first kappa shape index (κ1) is 16.2. The quantitative estimate of drug-likeness (QED) is 0.842. The van der Waals surface area contributed by atoms with Crippen LogP contribution in [0.1, 0.15) is 39.3 Å². The highest BCUT2D eigenvalue weighted by atomic mass is 79.9. The smallest absolute Gasteiger partial charge is 0.236 e. The predicted octanol–water partition coefficient (Wildman–Crippen LogP) is 3.26. The highest BCUT2D eigenvalue weighted by Crippen LogP contribution is 2.16. The van der Waals surface area contributed by atoms with Gasteiger partial charge in [-0.3, -0.25) is 10.1 Å². The number of carbonyl (C=O) groups excluding carboxylic acids is 1. The molecule has 0 saturated carbocycles. The number of hydrogen-bond donors (Lipinski definition) is 2. The summed E-state index contributed by atoms with van der Waals surface area (Å²) in [5.74, 6) is 0.526. The van der Waals surface area contributed by atoms with E-state index in [1.54, 1.807) is 0 Å². The van der Waals surface area contributed by atoms with Crippen LogP contribution < -0.4 is 10.6 Å². The Labute approximate surface area is 124 Å². The summed E-state index contributed by atoms with van der Waals surface area (Å²) in [5.41, 5.74) is 1.17. The van der Waals surface area contributed by atoms with Crippen LogP contribution in [-0.2, 0) is 4.79 Å². The Morgan fingerprint density at radius 3 is 2.26 bits per heavy atom. The van der Waals surface area contributed by atoms with Crippen LogP contribution in [-0.4, -0.2) is 18.5 Å². The molecule has 3 nitrogen and oxygen atoms in total. The molecule has 1 aromatic carbocycles. The van der Waals surface area contributed by atoms with Crippen molar-refractivity contribution in [2.75, 3.05) is 6.54 Å². The normalized spacial score (nSPS) is 14.2. The van der Waals surface area contributed by atoms with E-state index in [9.17, 15) is 4.79 Å². The van der Waals surface area contributed by atoms with E-state index in [0.29, 0.717) is 5.92 Å². The van der Waals surface area contributed by atoms with Crippen LogP contribution in [0.3, 0.4) is 0 Å². The third-order valence-corrected chi connectivity index (χ3v) is 3.48. The van der Waals surface area contributed by atoms with Gasteiger partial charge in [0.15, 0.2) is 0 Å². The molecule has 0 heterocycles. The zero-order valence-electron chi connectivity index (χ0n) is 12.0. The SMILES string of the molecule is CC(C)CNC(=O)C(C)N[C@@H](C)c1ccc(Br)cc1. The van der Waals surface area contributed by atoms with Crippen molar-refractivity contribution < 1.29 is 4.79 Å². The van der Waals surface area contributed by atoms with Crippen LogP contribution in [0.4, 0.5) is 0 Å². The standard InChI is InChI=1S/C15H23BrN2O/c1-10(2)9-17-15(19)12(4)18-11(3)13-5-7-14(16)8-6-13/h5-8,10-12,18H,9H2,1-4H3,(H,17,19)/t11-,12?/m0/s1. The second-order valence-electron chi connectivity index (χ2n) is 5.30. The van der Waals surface area contributed by atoms with Crippen molar-refractivity contribution in [3.8, 4) is 0 Å². The van der Waals surface area contributed by atoms with E-state index in [1.807, 2.05) is 19.1 Å². The largest absolute Gasteiger partial charge is 0.354 e. The lowest BCUT2D eigenvalue weighted by Gasteiger charge is -2.20. The topological polar surface area (TPSA) is 41.1 Å². The molecular formula is C15H23BrN2O. The van der Waals surface area contributed by atoms with E-state index in [-0.39, 0.29) is 18.0 Å². The molecule has 0 bridgehead atoms. The van der Waals surface area contributed by atoms with Gasteiger partial charge in [-0.2, -0.15) is 0 Å². The average molecular weight is 327 g/mol. The third kappa shape index (κ3) is 5.74. The van der Waals surface area contributed by atoms with Crippen molar-refractivity contribution in [1.82, 2.24) is 10.6 Å². The molecule has 4 heteroatoms. The fraction of sp³-hybridized carbons (Fsp3) is 0.533. The molecule has 0 fully saturated rings. The van der Waals surface area contributed by atoms with Crippen LogP contribution in [0.2, 0.25) is 0 Å². The maximum Gasteiger partial charge on any atom is 0.236 e. The van der Waals surface area contributed by atoms with Gasteiger partial charge >= 0.3 is 0 Å². The predicted molar refractivity (Wildman–Crippen MR) is 83.0 cm³/mol. The Bertz CT molecular complexity index is 403. The van der Waals surface area contributed by atoms with Gasteiger partial charge < -0.3 is 5.32 Å². The zero-order chi connectivity index (χ0) is 14.4. The van der Waals surface area contributed by atoms with Gasteiger partial charge in [-0.05, 0) is 37.5 Å². The monoisotopic (exact) mass is 326 g/mol. The van der Waals surface area contributed by atoms with Crippen molar-refractivity contribution >= 4 is 21.8 Å². The number of hydrogen-bond acceptors (Lipinski definition) is 2. The molecule has 19 heavy (non-hydrogen) atoms. The van der Waals surface area contributed by atoms with E-state index in [4.69, 9.17) is 0 Å². The summed E-state index contributed by atoms with van der Waals surface area (Å²) in [4.78, 5) is 11.9. The third-order valence-electron chi connectivity index (χ3n) is 2.95. The maximum atomic E-state index is 11.9. The molecule has 0 saturated heterocycles. The van der Waals surface area contributed by atoms with Gasteiger partial charge in [-0.15, -0.1) is 0 Å². The summed E-state index contributed by atoms with van der Waals surface area (Å²) in [5, 5.41) is 6.25. The molecule has 1 aromatic rings. The zero-order valence-corrected chi connectivity index (χ0v) is 13.6. The lowest BCUT2D eigenvalue weighted by atomic mass is 10.1. The van der Waals surface area contributed by atoms with Gasteiger partial charge in [0.1, 0.15) is 0 Å². The van der Waals surface area contributed by atoms with Gasteiger partial charge in [0.05, 0.1) is 6.04 Å². The summed E-state index contributed by atoms with van der Waals surface area (Å²) in [6, 6.07) is 8.08. The summed E-state index contributed by atoms with van der Waals surface area (Å²) >= 11 is 3.42. The molecular weight excluding hydrogens is 304 g/mol. The Hall–Kier alpha value is -0.870. The van der Waals surface area contributed by atoms with E-state index < -0.39 is 0 Å². The number of rotatable bonds is 6. The molecule has 2 atom stereocenters.